The van der Waals surface area contributed by atoms with Gasteiger partial charge in [0.15, 0.2) is 5.16 Å². The molecular weight excluding hydrogens is 520 g/mol. The molecular formula is C26H33F2N3O4S2. The van der Waals surface area contributed by atoms with E-state index in [2.05, 4.69) is 11.7 Å². The number of hydrogen-bond acceptors (Lipinski definition) is 6. The highest BCUT2D eigenvalue weighted by Crippen LogP contribution is 2.32. The molecule has 0 aliphatic carbocycles. The number of halogens is 2. The van der Waals surface area contributed by atoms with E-state index in [-0.39, 0.29) is 10.6 Å². The van der Waals surface area contributed by atoms with E-state index in [1.165, 1.54) is 17.8 Å². The Hall–Kier alpha value is -2.21. The van der Waals surface area contributed by atoms with Crippen molar-refractivity contribution < 1.29 is 26.7 Å². The Kier molecular flexibility index (Phi) is 9.44. The van der Waals surface area contributed by atoms with Gasteiger partial charge in [0.25, 0.3) is 0 Å². The third-order valence-corrected chi connectivity index (χ3v) is 9.25. The summed E-state index contributed by atoms with van der Waals surface area (Å²) in [5.41, 5.74) is 2.03. The number of rotatable bonds is 12. The topological polar surface area (TPSA) is 73.7 Å². The van der Waals surface area contributed by atoms with E-state index < -0.39 is 16.6 Å². The number of hydrogen-bond donors (Lipinski definition) is 0. The maximum atomic E-state index is 13.3. The molecule has 1 saturated heterocycles. The van der Waals surface area contributed by atoms with Crippen molar-refractivity contribution in [3.05, 3.63) is 48.0 Å². The van der Waals surface area contributed by atoms with Gasteiger partial charge in [-0.05, 0) is 56.4 Å². The van der Waals surface area contributed by atoms with Crippen molar-refractivity contribution in [3.63, 3.8) is 0 Å². The van der Waals surface area contributed by atoms with E-state index in [9.17, 15) is 17.2 Å². The average Bonchev–Trinajstić information content (AvgIpc) is 3.22. The minimum atomic E-state index is -3.62. The monoisotopic (exact) mass is 553 g/mol. The van der Waals surface area contributed by atoms with Crippen LogP contribution in [0.4, 0.5) is 8.78 Å². The van der Waals surface area contributed by atoms with Crippen LogP contribution in [0.5, 0.6) is 5.75 Å². The summed E-state index contributed by atoms with van der Waals surface area (Å²) in [6.45, 7) is 4.00. The van der Waals surface area contributed by atoms with Gasteiger partial charge in [0.1, 0.15) is 5.75 Å². The van der Waals surface area contributed by atoms with Crippen molar-refractivity contribution in [2.45, 2.75) is 62.1 Å². The van der Waals surface area contributed by atoms with Crippen molar-refractivity contribution in [1.29, 1.82) is 0 Å². The molecule has 3 aromatic rings. The second kappa shape index (κ2) is 12.6. The third kappa shape index (κ3) is 6.81. The first-order valence-corrected chi connectivity index (χ1v) is 15.0. The standard InChI is InChI=1S/C26H33F2N3O4S2/c1-3-34-15-7-14-31-23-12-11-21(37(32,33)30-13-6-8-19(2)17-30)16-22(23)29-26(31)36-18-20-9-4-5-10-24(20)35-25(27)28/h4-5,9-12,16,19,25H,3,6-8,13-15,17-18H2,1-2H3/t19-/m1/s1. The van der Waals surface area contributed by atoms with E-state index in [0.717, 1.165) is 24.8 Å². The van der Waals surface area contributed by atoms with Crippen LogP contribution in [0.1, 0.15) is 38.7 Å². The molecule has 0 amide bonds. The molecule has 0 saturated carbocycles. The molecule has 1 aliphatic rings. The van der Waals surface area contributed by atoms with E-state index in [4.69, 9.17) is 9.72 Å². The quantitative estimate of drug-likeness (QED) is 0.209. The predicted octanol–water partition coefficient (Wildman–Crippen LogP) is 5.78. The molecule has 1 aromatic heterocycles. The van der Waals surface area contributed by atoms with Gasteiger partial charge in [0.05, 0.1) is 15.9 Å². The highest BCUT2D eigenvalue weighted by molar-refractivity contribution is 7.98. The number of aryl methyl sites for hydroxylation is 1. The fraction of sp³-hybridized carbons (Fsp3) is 0.500. The Morgan fingerprint density at radius 1 is 1.22 bits per heavy atom. The highest BCUT2D eigenvalue weighted by Gasteiger charge is 2.29. The summed E-state index contributed by atoms with van der Waals surface area (Å²) in [7, 11) is -3.62. The van der Waals surface area contributed by atoms with Crippen LogP contribution in [-0.4, -0.2) is 55.2 Å². The smallest absolute Gasteiger partial charge is 0.387 e. The number of sulfonamides is 1. The van der Waals surface area contributed by atoms with E-state index in [1.54, 1.807) is 40.7 Å². The lowest BCUT2D eigenvalue weighted by molar-refractivity contribution is -0.0503. The lowest BCUT2D eigenvalue weighted by Gasteiger charge is -2.30. The number of ether oxygens (including phenoxy) is 2. The van der Waals surface area contributed by atoms with Gasteiger partial charge < -0.3 is 14.0 Å². The van der Waals surface area contributed by atoms with Gasteiger partial charge in [-0.1, -0.05) is 36.9 Å². The summed E-state index contributed by atoms with van der Waals surface area (Å²) in [5, 5.41) is 0.680. The minimum Gasteiger partial charge on any atom is -0.435 e. The molecule has 0 radical (unpaired) electrons. The zero-order valence-corrected chi connectivity index (χ0v) is 22.7. The maximum Gasteiger partial charge on any atom is 0.387 e. The second-order valence-corrected chi connectivity index (χ2v) is 12.0. The SMILES string of the molecule is CCOCCCn1c(SCc2ccccc2OC(F)F)nc2cc(S(=O)(=O)N3CCC[C@@H](C)C3)ccc21. The summed E-state index contributed by atoms with van der Waals surface area (Å²) < 4.78 is 66.2. The molecule has 37 heavy (non-hydrogen) atoms. The number of nitrogens with zero attached hydrogens (tertiary/aromatic N) is 3. The molecule has 1 fully saturated rings. The normalized spacial score (nSPS) is 17.1. The Morgan fingerprint density at radius 3 is 2.78 bits per heavy atom. The lowest BCUT2D eigenvalue weighted by Crippen LogP contribution is -2.39. The number of aromatic nitrogens is 2. The van der Waals surface area contributed by atoms with E-state index in [0.29, 0.717) is 60.8 Å². The summed E-state index contributed by atoms with van der Waals surface area (Å²) in [4.78, 5) is 5.00. The van der Waals surface area contributed by atoms with Crippen LogP contribution in [0.2, 0.25) is 0 Å². The molecule has 11 heteroatoms. The number of fused-ring (bicyclic) bond motifs is 1. The Bertz CT molecular complexity index is 1300. The third-order valence-electron chi connectivity index (χ3n) is 6.36. The van der Waals surface area contributed by atoms with Crippen LogP contribution in [-0.2, 0) is 27.1 Å². The largest absolute Gasteiger partial charge is 0.435 e. The molecule has 7 nitrogen and oxygen atoms in total. The zero-order valence-electron chi connectivity index (χ0n) is 21.1. The van der Waals surface area contributed by atoms with E-state index >= 15 is 0 Å². The predicted molar refractivity (Wildman–Crippen MR) is 141 cm³/mol. The molecule has 0 spiro atoms. The van der Waals surface area contributed by atoms with Crippen molar-refractivity contribution in [2.75, 3.05) is 26.3 Å². The fourth-order valence-corrected chi connectivity index (χ4v) is 7.18. The minimum absolute atomic E-state index is 0.133. The average molecular weight is 554 g/mol. The first-order valence-electron chi connectivity index (χ1n) is 12.5. The first-order chi connectivity index (χ1) is 17.8. The summed E-state index contributed by atoms with van der Waals surface area (Å²) in [5.74, 6) is 0.832. The van der Waals surface area contributed by atoms with Crippen LogP contribution in [0, 0.1) is 5.92 Å². The van der Waals surface area contributed by atoms with Gasteiger partial charge in [-0.3, -0.25) is 0 Å². The Morgan fingerprint density at radius 2 is 2.03 bits per heavy atom. The van der Waals surface area contributed by atoms with Gasteiger partial charge in [-0.25, -0.2) is 13.4 Å². The Balaban J connectivity index is 1.63. The molecule has 1 atom stereocenters. The number of para-hydroxylation sites is 1. The zero-order chi connectivity index (χ0) is 26.4. The van der Waals surface area contributed by atoms with Gasteiger partial charge in [0.2, 0.25) is 10.0 Å². The van der Waals surface area contributed by atoms with E-state index in [1.807, 2.05) is 11.5 Å². The summed E-state index contributed by atoms with van der Waals surface area (Å²) in [6.07, 6.45) is 2.64. The van der Waals surface area contributed by atoms with Crippen LogP contribution >= 0.6 is 11.8 Å². The number of alkyl halides is 2. The molecule has 0 unspecified atom stereocenters. The second-order valence-electron chi connectivity index (χ2n) is 9.13. The highest BCUT2D eigenvalue weighted by atomic mass is 32.2. The molecule has 2 heterocycles. The molecule has 0 bridgehead atoms. The fourth-order valence-electron chi connectivity index (χ4n) is 4.53. The first kappa shape index (κ1) is 27.8. The van der Waals surface area contributed by atoms with Crippen molar-refractivity contribution in [1.82, 2.24) is 13.9 Å². The number of imidazole rings is 1. The Labute approximate surface area is 221 Å². The molecule has 0 N–H and O–H groups in total. The van der Waals surface area contributed by atoms with Gasteiger partial charge in [-0.2, -0.15) is 13.1 Å². The number of benzene rings is 2. The number of piperidine rings is 1. The van der Waals surface area contributed by atoms with Crippen LogP contribution in [0.25, 0.3) is 11.0 Å². The van der Waals surface area contributed by atoms with Gasteiger partial charge in [0, 0.05) is 44.2 Å². The lowest BCUT2D eigenvalue weighted by atomic mass is 10.0. The van der Waals surface area contributed by atoms with Crippen molar-refractivity contribution in [2.24, 2.45) is 5.92 Å². The van der Waals surface area contributed by atoms with Gasteiger partial charge in [-0.15, -0.1) is 0 Å². The molecule has 202 valence electrons. The van der Waals surface area contributed by atoms with Crippen molar-refractivity contribution in [3.8, 4) is 5.75 Å². The molecule has 2 aromatic carbocycles. The van der Waals surface area contributed by atoms with Crippen LogP contribution in [0.3, 0.4) is 0 Å². The van der Waals surface area contributed by atoms with Gasteiger partial charge >= 0.3 is 6.61 Å². The maximum absolute atomic E-state index is 13.3. The van der Waals surface area contributed by atoms with Crippen LogP contribution in [0.15, 0.2) is 52.5 Å². The summed E-state index contributed by atoms with van der Waals surface area (Å²) in [6, 6.07) is 11.8. The molecule has 1 aliphatic heterocycles. The van der Waals surface area contributed by atoms with Crippen LogP contribution < -0.4 is 4.74 Å². The van der Waals surface area contributed by atoms with Crippen molar-refractivity contribution >= 4 is 32.8 Å². The number of thioether (sulfide) groups is 1. The molecule has 4 rings (SSSR count). The summed E-state index contributed by atoms with van der Waals surface area (Å²) >= 11 is 1.40.